The molecule has 3 aromatic rings. The van der Waals surface area contributed by atoms with E-state index in [-0.39, 0.29) is 22.8 Å². The number of hydrogen-bond donors (Lipinski definition) is 0. The third-order valence-electron chi connectivity index (χ3n) is 6.98. The molecule has 2 bridgehead atoms. The van der Waals surface area contributed by atoms with Gasteiger partial charge in [0, 0.05) is 29.4 Å². The minimum absolute atomic E-state index is 0.0622. The van der Waals surface area contributed by atoms with E-state index < -0.39 is 0 Å². The molecule has 7 rings (SSSR count). The number of nitriles is 1. The van der Waals surface area contributed by atoms with Crippen molar-refractivity contribution in [2.75, 3.05) is 0 Å². The van der Waals surface area contributed by atoms with Crippen LogP contribution in [0.1, 0.15) is 47.0 Å². The fourth-order valence-corrected chi connectivity index (χ4v) is 6.63. The Morgan fingerprint density at radius 1 is 1.30 bits per heavy atom. The van der Waals surface area contributed by atoms with Gasteiger partial charge in [0.05, 0.1) is 23.2 Å². The summed E-state index contributed by atoms with van der Waals surface area (Å²) in [5.74, 6) is 0.149. The Balaban J connectivity index is 1.17. The predicted octanol–water partition coefficient (Wildman–Crippen LogP) is 4.41. The maximum Gasteiger partial charge on any atom is 0.249 e. The van der Waals surface area contributed by atoms with Crippen molar-refractivity contribution in [2.24, 2.45) is 15.9 Å². The van der Waals surface area contributed by atoms with Gasteiger partial charge >= 0.3 is 0 Å². The Bertz CT molecular complexity index is 1240. The molecule has 2 aromatic heterocycles. The molecule has 1 atom stereocenters. The van der Waals surface area contributed by atoms with E-state index in [4.69, 9.17) is 5.26 Å². The first-order valence-electron chi connectivity index (χ1n) is 10.3. The lowest BCUT2D eigenvalue weighted by molar-refractivity contribution is -0.223. The summed E-state index contributed by atoms with van der Waals surface area (Å²) in [6, 6.07) is 12.3. The van der Waals surface area contributed by atoms with Crippen molar-refractivity contribution in [1.29, 1.82) is 5.26 Å². The van der Waals surface area contributed by atoms with E-state index in [1.54, 1.807) is 5.01 Å². The lowest BCUT2D eigenvalue weighted by atomic mass is 9.34. The highest BCUT2D eigenvalue weighted by Crippen LogP contribution is 2.74. The molecular formula is C23H21N5OS. The fraction of sp³-hybridized carbons (Fsp3) is 0.391. The van der Waals surface area contributed by atoms with Gasteiger partial charge in [-0.05, 0) is 55.9 Å². The second-order valence-corrected chi connectivity index (χ2v) is 10.3. The number of thiophene rings is 1. The van der Waals surface area contributed by atoms with Crippen molar-refractivity contribution < 1.29 is 4.79 Å². The molecule has 6 nitrogen and oxygen atoms in total. The van der Waals surface area contributed by atoms with Crippen molar-refractivity contribution in [3.63, 3.8) is 0 Å². The average Bonchev–Trinajstić information content (AvgIpc) is 3.41. The summed E-state index contributed by atoms with van der Waals surface area (Å²) >= 11 is 1.46. The van der Waals surface area contributed by atoms with Gasteiger partial charge in [-0.1, -0.05) is 11.6 Å². The maximum absolute atomic E-state index is 13.4. The standard InChI is InChI=1S/C23H21N5OS/c1-15-2-4-18-16(8-15)10-26-27(18)14-22-11-23(12-22,13-22)21(29)28-19(6-7-25-28)20-5-3-17(9-24)30-20/h2-5,7-8,10,19H,6,11-14H2,1H3. The van der Waals surface area contributed by atoms with Gasteiger partial charge in [-0.3, -0.25) is 9.48 Å². The molecule has 30 heavy (non-hydrogen) atoms. The van der Waals surface area contributed by atoms with Crippen LogP contribution in [0.25, 0.3) is 10.9 Å². The molecule has 0 N–H and O–H groups in total. The summed E-state index contributed by atoms with van der Waals surface area (Å²) < 4.78 is 2.11. The zero-order valence-corrected chi connectivity index (χ0v) is 17.5. The average molecular weight is 416 g/mol. The molecule has 3 aliphatic carbocycles. The van der Waals surface area contributed by atoms with E-state index in [0.29, 0.717) is 4.88 Å². The first-order valence-corrected chi connectivity index (χ1v) is 11.1. The zero-order chi connectivity index (χ0) is 20.5. The Kier molecular flexibility index (Phi) is 3.58. The number of carbonyl (C=O) groups is 1. The first-order chi connectivity index (χ1) is 14.5. The Labute approximate surface area is 178 Å². The molecule has 1 unspecified atom stereocenters. The van der Waals surface area contributed by atoms with Crippen LogP contribution in [0.5, 0.6) is 0 Å². The summed E-state index contributed by atoms with van der Waals surface area (Å²) in [7, 11) is 0. The number of benzene rings is 1. The van der Waals surface area contributed by atoms with Crippen LogP contribution in [-0.4, -0.2) is 26.9 Å². The van der Waals surface area contributed by atoms with E-state index in [0.717, 1.165) is 37.1 Å². The topological polar surface area (TPSA) is 74.3 Å². The summed E-state index contributed by atoms with van der Waals surface area (Å²) in [5, 5.41) is 21.0. The van der Waals surface area contributed by atoms with Crippen LogP contribution in [0, 0.1) is 29.1 Å². The van der Waals surface area contributed by atoms with Crippen LogP contribution in [0.4, 0.5) is 0 Å². The van der Waals surface area contributed by atoms with E-state index in [2.05, 4.69) is 46.1 Å². The van der Waals surface area contributed by atoms with Crippen LogP contribution < -0.4 is 0 Å². The Hall–Kier alpha value is -2.98. The van der Waals surface area contributed by atoms with Crippen molar-refractivity contribution in [3.8, 4) is 6.07 Å². The van der Waals surface area contributed by atoms with Gasteiger partial charge in [-0.15, -0.1) is 11.3 Å². The lowest BCUT2D eigenvalue weighted by Crippen LogP contribution is -2.68. The van der Waals surface area contributed by atoms with Crippen LogP contribution >= 0.6 is 11.3 Å². The highest BCUT2D eigenvalue weighted by atomic mass is 32.1. The number of rotatable bonds is 4. The summed E-state index contributed by atoms with van der Waals surface area (Å²) in [6.45, 7) is 2.97. The Morgan fingerprint density at radius 2 is 2.13 bits per heavy atom. The molecule has 1 aromatic carbocycles. The van der Waals surface area contributed by atoms with Gasteiger partial charge in [0.25, 0.3) is 0 Å². The van der Waals surface area contributed by atoms with E-state index in [9.17, 15) is 4.79 Å². The largest absolute Gasteiger partial charge is 0.272 e. The van der Waals surface area contributed by atoms with Crippen LogP contribution in [0.2, 0.25) is 0 Å². The second-order valence-electron chi connectivity index (χ2n) is 9.19. The number of amides is 1. The molecule has 4 aliphatic rings. The number of aromatic nitrogens is 2. The van der Waals surface area contributed by atoms with Crippen molar-refractivity contribution in [2.45, 2.75) is 45.2 Å². The smallest absolute Gasteiger partial charge is 0.249 e. The van der Waals surface area contributed by atoms with Crippen LogP contribution in [0.15, 0.2) is 41.6 Å². The van der Waals surface area contributed by atoms with Gasteiger partial charge in [0.15, 0.2) is 0 Å². The van der Waals surface area contributed by atoms with Crippen molar-refractivity contribution in [3.05, 3.63) is 51.8 Å². The van der Waals surface area contributed by atoms with Gasteiger partial charge in [-0.2, -0.15) is 15.5 Å². The van der Waals surface area contributed by atoms with Gasteiger partial charge < -0.3 is 0 Å². The number of fused-ring (bicyclic) bond motifs is 1. The normalized spacial score (nSPS) is 28.9. The molecule has 1 amide bonds. The third-order valence-corrected chi connectivity index (χ3v) is 8.07. The molecule has 0 saturated heterocycles. The van der Waals surface area contributed by atoms with Crippen molar-refractivity contribution >= 4 is 34.4 Å². The number of nitrogens with zero attached hydrogens (tertiary/aromatic N) is 5. The predicted molar refractivity (Wildman–Crippen MR) is 115 cm³/mol. The number of hydrazone groups is 1. The molecule has 3 saturated carbocycles. The number of aryl methyl sites for hydroxylation is 1. The summed E-state index contributed by atoms with van der Waals surface area (Å²) in [5.41, 5.74) is 2.34. The fourth-order valence-electron chi connectivity index (χ4n) is 5.72. The molecule has 150 valence electrons. The highest BCUT2D eigenvalue weighted by Gasteiger charge is 2.72. The summed E-state index contributed by atoms with van der Waals surface area (Å²) in [4.78, 5) is 15.1. The van der Waals surface area contributed by atoms with Gasteiger partial charge in [0.1, 0.15) is 10.9 Å². The lowest BCUT2D eigenvalue weighted by Gasteiger charge is -2.69. The quantitative estimate of drug-likeness (QED) is 0.634. The number of hydrogen-bond acceptors (Lipinski definition) is 5. The first kappa shape index (κ1) is 17.8. The molecule has 1 aliphatic heterocycles. The maximum atomic E-state index is 13.4. The molecule has 0 radical (unpaired) electrons. The molecule has 3 heterocycles. The highest BCUT2D eigenvalue weighted by molar-refractivity contribution is 7.12. The molecule has 0 spiro atoms. The van der Waals surface area contributed by atoms with Crippen LogP contribution in [-0.2, 0) is 11.3 Å². The SMILES string of the molecule is Cc1ccc2c(cnn2CC23CC(C(=O)N4N=CCC4c4ccc(C#N)s4)(C2)C3)c1. The van der Waals surface area contributed by atoms with E-state index in [1.165, 1.54) is 27.8 Å². The van der Waals surface area contributed by atoms with Gasteiger partial charge in [0.2, 0.25) is 5.91 Å². The molecule has 3 fully saturated rings. The minimum Gasteiger partial charge on any atom is -0.272 e. The Morgan fingerprint density at radius 3 is 2.90 bits per heavy atom. The number of carbonyl (C=O) groups excluding carboxylic acids is 1. The molecule has 7 heteroatoms. The van der Waals surface area contributed by atoms with E-state index in [1.807, 2.05) is 24.5 Å². The van der Waals surface area contributed by atoms with E-state index >= 15 is 0 Å². The zero-order valence-electron chi connectivity index (χ0n) is 16.7. The summed E-state index contributed by atoms with van der Waals surface area (Å²) in [6.07, 6.45) is 7.23. The molecular weight excluding hydrogens is 394 g/mol. The van der Waals surface area contributed by atoms with Gasteiger partial charge in [-0.25, -0.2) is 5.01 Å². The minimum atomic E-state index is -0.255. The van der Waals surface area contributed by atoms with Crippen molar-refractivity contribution in [1.82, 2.24) is 14.8 Å². The second kappa shape index (κ2) is 6.02. The third kappa shape index (κ3) is 2.43. The monoisotopic (exact) mass is 415 g/mol. The van der Waals surface area contributed by atoms with Crippen LogP contribution in [0.3, 0.4) is 0 Å².